The third-order valence-corrected chi connectivity index (χ3v) is 9.92. The molecule has 0 saturated heterocycles. The van der Waals surface area contributed by atoms with Crippen molar-refractivity contribution in [1.82, 2.24) is 0 Å². The van der Waals surface area contributed by atoms with E-state index in [9.17, 15) is 0 Å². The maximum atomic E-state index is 2.46. The zero-order valence-corrected chi connectivity index (χ0v) is 30.4. The Hall–Kier alpha value is -5.60. The molecule has 2 nitrogen and oxygen atoms in total. The van der Waals surface area contributed by atoms with Gasteiger partial charge in [-0.15, -0.1) is 0 Å². The van der Waals surface area contributed by atoms with E-state index >= 15 is 0 Å². The second-order valence-corrected chi connectivity index (χ2v) is 14.7. The Labute approximate surface area is 296 Å². The van der Waals surface area contributed by atoms with Crippen LogP contribution in [-0.4, -0.2) is 0 Å². The van der Waals surface area contributed by atoms with Crippen LogP contribution in [-0.2, 0) is 0 Å². The number of anilines is 6. The Morgan fingerprint density at radius 1 is 0.280 bits per heavy atom. The number of rotatable bonds is 6. The van der Waals surface area contributed by atoms with Crippen LogP contribution in [0.2, 0.25) is 0 Å². The van der Waals surface area contributed by atoms with Gasteiger partial charge < -0.3 is 9.80 Å². The maximum Gasteiger partial charge on any atom is 0.0540 e. The zero-order chi connectivity index (χ0) is 34.8. The molecule has 0 amide bonds. The minimum Gasteiger partial charge on any atom is -0.310 e. The van der Waals surface area contributed by atoms with Crippen LogP contribution in [0.3, 0.4) is 0 Å². The van der Waals surface area contributed by atoms with Crippen LogP contribution in [0.5, 0.6) is 0 Å². The van der Waals surface area contributed by atoms with Gasteiger partial charge in [0, 0.05) is 33.8 Å². The van der Waals surface area contributed by atoms with E-state index in [4.69, 9.17) is 0 Å². The summed E-state index contributed by atoms with van der Waals surface area (Å²) in [5.41, 5.74) is 17.2. The molecule has 0 atom stereocenters. The van der Waals surface area contributed by atoms with Gasteiger partial charge in [-0.2, -0.15) is 0 Å². The monoisotopic (exact) mass is 648 g/mol. The van der Waals surface area contributed by atoms with Crippen molar-refractivity contribution in [3.63, 3.8) is 0 Å². The molecule has 0 spiro atoms. The molecule has 0 heterocycles. The van der Waals surface area contributed by atoms with Gasteiger partial charge in [0.2, 0.25) is 0 Å². The van der Waals surface area contributed by atoms with Gasteiger partial charge >= 0.3 is 0 Å². The van der Waals surface area contributed by atoms with Crippen LogP contribution in [0, 0.1) is 55.4 Å². The first-order chi connectivity index (χ1) is 24.0. The van der Waals surface area contributed by atoms with E-state index in [1.807, 2.05) is 0 Å². The van der Waals surface area contributed by atoms with Crippen molar-refractivity contribution in [1.29, 1.82) is 0 Å². The molecule has 50 heavy (non-hydrogen) atoms. The van der Waals surface area contributed by atoms with Gasteiger partial charge in [0.25, 0.3) is 0 Å². The van der Waals surface area contributed by atoms with Crippen molar-refractivity contribution in [3.05, 3.63) is 166 Å². The highest BCUT2D eigenvalue weighted by atomic mass is 15.1. The molecule has 0 N–H and O–H groups in total. The molecular weight excluding hydrogens is 605 g/mol. The lowest BCUT2D eigenvalue weighted by Gasteiger charge is -2.29. The highest BCUT2D eigenvalue weighted by Gasteiger charge is 2.21. The number of hydrogen-bond donors (Lipinski definition) is 0. The number of hydrogen-bond acceptors (Lipinski definition) is 2. The predicted octanol–water partition coefficient (Wildman–Crippen LogP) is 14.0. The quantitative estimate of drug-likeness (QED) is 0.166. The molecule has 0 fully saturated rings. The Kier molecular flexibility index (Phi) is 7.64. The van der Waals surface area contributed by atoms with Crippen LogP contribution in [0.4, 0.5) is 34.1 Å². The summed E-state index contributed by atoms with van der Waals surface area (Å²) in [5.74, 6) is 0. The van der Waals surface area contributed by atoms with Gasteiger partial charge in [-0.25, -0.2) is 0 Å². The van der Waals surface area contributed by atoms with Crippen molar-refractivity contribution in [2.75, 3.05) is 9.80 Å². The first kappa shape index (κ1) is 31.7. The molecule has 0 aromatic heterocycles. The predicted molar refractivity (Wildman–Crippen MR) is 217 cm³/mol. The Bertz CT molecular complexity index is 2390. The summed E-state index contributed by atoms with van der Waals surface area (Å²) >= 11 is 0. The first-order valence-corrected chi connectivity index (χ1v) is 17.7. The molecule has 8 aromatic carbocycles. The van der Waals surface area contributed by atoms with Gasteiger partial charge in [-0.1, -0.05) is 54.6 Å². The van der Waals surface area contributed by atoms with E-state index in [1.165, 1.54) is 111 Å². The van der Waals surface area contributed by atoms with E-state index in [1.54, 1.807) is 0 Å². The van der Waals surface area contributed by atoms with Crippen molar-refractivity contribution < 1.29 is 0 Å². The molecule has 8 aromatic rings. The summed E-state index contributed by atoms with van der Waals surface area (Å²) in [6.45, 7) is 17.5. The minimum atomic E-state index is 1.17. The van der Waals surface area contributed by atoms with Gasteiger partial charge in [0.05, 0.1) is 5.69 Å². The second kappa shape index (κ2) is 12.1. The lowest BCUT2D eigenvalue weighted by atomic mass is 9.92. The third-order valence-electron chi connectivity index (χ3n) is 9.92. The van der Waals surface area contributed by atoms with E-state index in [-0.39, 0.29) is 0 Å². The summed E-state index contributed by atoms with van der Waals surface area (Å²) in [5, 5.41) is 7.63. The largest absolute Gasteiger partial charge is 0.310 e. The molecule has 0 aliphatic heterocycles. The Morgan fingerprint density at radius 2 is 0.600 bits per heavy atom. The Morgan fingerprint density at radius 3 is 1.02 bits per heavy atom. The SMILES string of the molecule is Cc1cc(C)cc(N(c2cc(C)cc(C)c2)c2cc3ccc4ccc(N(c5cc(C)cc(C)c5)c5cc(C)cc(C)c5)c5ccc(c2)c3c45)c1. The molecular formula is C48H44N2. The lowest BCUT2D eigenvalue weighted by molar-refractivity contribution is 1.24. The highest BCUT2D eigenvalue weighted by Crippen LogP contribution is 2.46. The van der Waals surface area contributed by atoms with Crippen molar-refractivity contribution >= 4 is 66.4 Å². The van der Waals surface area contributed by atoms with Gasteiger partial charge in [-0.05, 0) is 194 Å². The van der Waals surface area contributed by atoms with Crippen molar-refractivity contribution in [3.8, 4) is 0 Å². The fraction of sp³-hybridized carbons (Fsp3) is 0.167. The standard InChI is InChI=1S/C48H44N2/c1-29-15-30(2)20-40(19-29)49(41-21-31(3)16-32(4)22-41)44-27-38-10-9-37-12-14-46(45-13-11-39(28-44)47(38)48(37)45)50(42-23-33(5)17-34(6)24-42)43-25-35(7)18-36(8)26-43/h9-28H,1-8H3. The van der Waals surface area contributed by atoms with E-state index in [2.05, 4.69) is 187 Å². The second-order valence-electron chi connectivity index (χ2n) is 14.7. The fourth-order valence-electron chi connectivity index (χ4n) is 8.31. The van der Waals surface area contributed by atoms with E-state index in [0.717, 1.165) is 0 Å². The lowest BCUT2D eigenvalue weighted by Crippen LogP contribution is -2.12. The summed E-state index contributed by atoms with van der Waals surface area (Å²) in [4.78, 5) is 4.89. The summed E-state index contributed by atoms with van der Waals surface area (Å²) in [7, 11) is 0. The molecule has 246 valence electrons. The Balaban J connectivity index is 1.38. The normalized spacial score (nSPS) is 11.6. The molecule has 0 aliphatic carbocycles. The highest BCUT2D eigenvalue weighted by molar-refractivity contribution is 6.26. The van der Waals surface area contributed by atoms with Crippen molar-refractivity contribution in [2.24, 2.45) is 0 Å². The summed E-state index contributed by atoms with van der Waals surface area (Å²) in [6, 6.07) is 46.1. The fourth-order valence-corrected chi connectivity index (χ4v) is 8.31. The average Bonchev–Trinajstić information content (AvgIpc) is 3.02. The van der Waals surface area contributed by atoms with Crippen molar-refractivity contribution in [2.45, 2.75) is 55.4 Å². The number of benzene rings is 8. The minimum absolute atomic E-state index is 1.17. The van der Waals surface area contributed by atoms with Gasteiger partial charge in [0.1, 0.15) is 0 Å². The van der Waals surface area contributed by atoms with Crippen LogP contribution in [0.15, 0.2) is 121 Å². The smallest absolute Gasteiger partial charge is 0.0540 e. The molecule has 0 radical (unpaired) electrons. The summed E-state index contributed by atoms with van der Waals surface area (Å²) in [6.07, 6.45) is 0. The average molecular weight is 649 g/mol. The zero-order valence-electron chi connectivity index (χ0n) is 30.4. The van der Waals surface area contributed by atoms with Crippen LogP contribution in [0.25, 0.3) is 32.3 Å². The number of aryl methyl sites for hydroxylation is 8. The summed E-state index contributed by atoms with van der Waals surface area (Å²) < 4.78 is 0. The van der Waals surface area contributed by atoms with Crippen LogP contribution >= 0.6 is 0 Å². The number of nitrogens with zero attached hydrogens (tertiary/aromatic N) is 2. The molecule has 2 heteroatoms. The molecule has 0 saturated carbocycles. The maximum absolute atomic E-state index is 2.46. The topological polar surface area (TPSA) is 6.48 Å². The van der Waals surface area contributed by atoms with Crippen LogP contribution in [0.1, 0.15) is 44.5 Å². The van der Waals surface area contributed by atoms with Gasteiger partial charge in [-0.3, -0.25) is 0 Å². The van der Waals surface area contributed by atoms with E-state index in [0.29, 0.717) is 0 Å². The van der Waals surface area contributed by atoms with Gasteiger partial charge in [0.15, 0.2) is 0 Å². The molecule has 8 rings (SSSR count). The molecule has 0 aliphatic rings. The molecule has 0 bridgehead atoms. The first-order valence-electron chi connectivity index (χ1n) is 17.7. The third kappa shape index (κ3) is 5.65. The van der Waals surface area contributed by atoms with E-state index < -0.39 is 0 Å². The van der Waals surface area contributed by atoms with Crippen LogP contribution < -0.4 is 9.80 Å². The molecule has 0 unspecified atom stereocenters.